The zero-order valence-corrected chi connectivity index (χ0v) is 49.1. The maximum absolute atomic E-state index is 14.6. The molecule has 2 amide bonds. The predicted octanol–water partition coefficient (Wildman–Crippen LogP) is 8.94. The van der Waals surface area contributed by atoms with Gasteiger partial charge in [0.15, 0.2) is 35.0 Å². The van der Waals surface area contributed by atoms with Crippen molar-refractivity contribution >= 4 is 91.6 Å². The van der Waals surface area contributed by atoms with Crippen molar-refractivity contribution in [2.75, 3.05) is 13.2 Å². The van der Waals surface area contributed by atoms with Crippen LogP contribution in [-0.2, 0) is 56.6 Å². The first kappa shape index (κ1) is 59.8. The fourth-order valence-electron chi connectivity index (χ4n) is 9.21. The average Bonchev–Trinajstić information content (AvgIpc) is 3.65. The predicted molar refractivity (Wildman–Crippen MR) is 298 cm³/mol. The quantitative estimate of drug-likeness (QED) is 0.0387. The number of amides is 2. The molecule has 1 N–H and O–H groups in total. The second-order valence-corrected chi connectivity index (χ2v) is 27.4. The standard InChI is InChI=1S/C58H47N3O16S2.2BrH.Pd/c1-33(63)71-47-44(61-50(64)38-26-14-15-27-39(38)51(61)65)57(79-58-60-41(32-78-58)40-28-16-17-29-59-40)73-42(30-62)45(47)77-56-49(76-55(69)37-24-12-5-13-25-37)48(75-54(68)36-22-10-4-11-23-36)46(74-53(67)35-20-8-3-9-21-35)43(72-56)31-70-52(66)34-18-6-2-7-19-34;;;/h2-29,32,42-49,56-57,62H,30-31H2,1H3;2*1H;/q;;;+2/p-2. The first-order chi connectivity index (χ1) is 39.9. The van der Waals surface area contributed by atoms with E-state index >= 15 is 0 Å². The van der Waals surface area contributed by atoms with E-state index in [1.165, 1.54) is 72.0 Å². The van der Waals surface area contributed by atoms with Gasteiger partial charge in [-0.3, -0.25) is 24.3 Å². The van der Waals surface area contributed by atoms with E-state index in [1.807, 2.05) is 0 Å². The van der Waals surface area contributed by atoms with Gasteiger partial charge in [0, 0.05) is 18.5 Å². The Balaban J connectivity index is 0.00000264. The van der Waals surface area contributed by atoms with Crippen LogP contribution in [0, 0.1) is 0 Å². The van der Waals surface area contributed by atoms with Crippen LogP contribution in [0.25, 0.3) is 11.4 Å². The van der Waals surface area contributed by atoms with E-state index in [2.05, 4.69) is 31.8 Å². The molecule has 3 aliphatic rings. The summed E-state index contributed by atoms with van der Waals surface area (Å²) in [5.74, 6) is -6.23. The first-order valence-electron chi connectivity index (χ1n) is 24.9. The van der Waals surface area contributed by atoms with Crippen molar-refractivity contribution in [2.24, 2.45) is 0 Å². The molecular formula is C58H47Br2N3O16PdS2. The van der Waals surface area contributed by atoms with Crippen LogP contribution in [-0.4, -0.2) is 135 Å². The van der Waals surface area contributed by atoms with Gasteiger partial charge < -0.3 is 43.0 Å². The van der Waals surface area contributed by atoms with Gasteiger partial charge in [0.2, 0.25) is 0 Å². The summed E-state index contributed by atoms with van der Waals surface area (Å²) in [5.41, 5.74) is 0.0332. The van der Waals surface area contributed by atoms with Crippen molar-refractivity contribution in [2.45, 2.75) is 71.8 Å². The van der Waals surface area contributed by atoms with Crippen LogP contribution in [0.3, 0.4) is 0 Å². The summed E-state index contributed by atoms with van der Waals surface area (Å²) >= 11 is 8.98. The van der Waals surface area contributed by atoms with E-state index in [1.54, 1.807) is 115 Å². The first-order valence-corrected chi connectivity index (χ1v) is 33.8. The number of fused-ring (bicyclic) bond motifs is 1. The minimum atomic E-state index is -2.01. The molecule has 10 rings (SSSR count). The fraction of sp³-hybridized carbons (Fsp3) is 0.224. The monoisotopic (exact) mass is 1370 g/mol. The SMILES string of the molecule is CC(=O)OC1C(OC2OC(COC(=O)c3ccccc3)C(OC(=O)c3ccccc3)C(OC(=O)c3ccccc3)C2OC(=O)c2ccccc2)C(CO)OC(Sc2nc(-c3ccccn3)cs2)C1N1C(=O)c2ccccc2C1=O.[Br][Pd][Br]. The van der Waals surface area contributed by atoms with E-state index in [9.17, 15) is 38.7 Å². The van der Waals surface area contributed by atoms with Crippen LogP contribution in [0.2, 0.25) is 0 Å². The zero-order chi connectivity index (χ0) is 57.7. The molecule has 82 heavy (non-hydrogen) atoms. The Morgan fingerprint density at radius 1 is 0.598 bits per heavy atom. The molecule has 0 aliphatic carbocycles. The normalized spacial score (nSPS) is 22.9. The van der Waals surface area contributed by atoms with Crippen LogP contribution in [0.4, 0.5) is 0 Å². The fourth-order valence-corrected chi connectivity index (χ4v) is 11.4. The van der Waals surface area contributed by atoms with E-state index in [-0.39, 0.29) is 33.4 Å². The summed E-state index contributed by atoms with van der Waals surface area (Å²) in [5, 5.41) is 13.1. The van der Waals surface area contributed by atoms with Gasteiger partial charge in [-0.2, -0.15) is 0 Å². The summed E-state index contributed by atoms with van der Waals surface area (Å²) in [6.07, 6.45) is -12.7. The molecule has 10 atom stereocenters. The number of thiazole rings is 1. The van der Waals surface area contributed by atoms with Crippen LogP contribution in [0.5, 0.6) is 0 Å². The number of imide groups is 1. The molecule has 3 aliphatic heterocycles. The number of thioether (sulfide) groups is 1. The third kappa shape index (κ3) is 14.1. The molecule has 0 bridgehead atoms. The van der Waals surface area contributed by atoms with Gasteiger partial charge >= 0.3 is 70.7 Å². The molecule has 0 spiro atoms. The van der Waals surface area contributed by atoms with E-state index in [0.717, 1.165) is 23.6 Å². The molecule has 10 unspecified atom stereocenters. The number of pyridine rings is 1. The second kappa shape index (κ2) is 28.4. The number of nitrogens with zero attached hydrogens (tertiary/aromatic N) is 3. The number of esters is 5. The Morgan fingerprint density at radius 2 is 1.09 bits per heavy atom. The third-order valence-corrected chi connectivity index (χ3v) is 15.0. The molecule has 24 heteroatoms. The summed E-state index contributed by atoms with van der Waals surface area (Å²) in [4.78, 5) is 109. The van der Waals surface area contributed by atoms with Gasteiger partial charge in [0.1, 0.15) is 42.1 Å². The van der Waals surface area contributed by atoms with Gasteiger partial charge in [-0.15, -0.1) is 11.3 Å². The molecule has 19 nitrogen and oxygen atoms in total. The molecular weight excluding hydrogens is 1330 g/mol. The zero-order valence-electron chi connectivity index (χ0n) is 42.7. The van der Waals surface area contributed by atoms with Gasteiger partial charge in [-0.05, 0) is 72.8 Å². The number of hydrogen-bond donors (Lipinski definition) is 1. The van der Waals surface area contributed by atoms with E-state index in [4.69, 9.17) is 42.9 Å². The Hall–Kier alpha value is -6.82. The van der Waals surface area contributed by atoms with Crippen LogP contribution >= 0.6 is 50.0 Å². The van der Waals surface area contributed by atoms with Crippen LogP contribution in [0.15, 0.2) is 180 Å². The number of carbonyl (C=O) groups is 7. The van der Waals surface area contributed by atoms with Crippen molar-refractivity contribution in [3.63, 3.8) is 0 Å². The molecule has 0 radical (unpaired) electrons. The van der Waals surface area contributed by atoms with Crippen molar-refractivity contribution in [3.8, 4) is 11.4 Å². The van der Waals surface area contributed by atoms with Crippen LogP contribution < -0.4 is 0 Å². The second-order valence-electron chi connectivity index (χ2n) is 18.0. The van der Waals surface area contributed by atoms with Gasteiger partial charge in [0.05, 0.1) is 45.7 Å². The molecule has 2 fully saturated rings. The number of carbonyl (C=O) groups excluding carboxylic acids is 7. The van der Waals surface area contributed by atoms with Crippen molar-refractivity contribution < 1.29 is 90.5 Å². The van der Waals surface area contributed by atoms with E-state index < -0.39 is 115 Å². The summed E-state index contributed by atoms with van der Waals surface area (Å²) in [6.45, 7) is -0.498. The maximum atomic E-state index is 14.6. The van der Waals surface area contributed by atoms with E-state index in [0.29, 0.717) is 29.7 Å². The summed E-state index contributed by atoms with van der Waals surface area (Å²) < 4.78 is 51.2. The molecule has 5 heterocycles. The number of rotatable bonds is 17. The van der Waals surface area contributed by atoms with Gasteiger partial charge in [-0.1, -0.05) is 103 Å². The minimum absolute atomic E-state index is 0.0112. The number of hydrogen-bond acceptors (Lipinski definition) is 20. The average molecular weight is 1370 g/mol. The molecule has 2 saturated heterocycles. The Labute approximate surface area is 498 Å². The Bertz CT molecular complexity index is 3330. The van der Waals surface area contributed by atoms with Gasteiger partial charge in [0.25, 0.3) is 11.8 Å². The number of benzene rings is 5. The van der Waals surface area contributed by atoms with Crippen LogP contribution in [0.1, 0.15) is 69.1 Å². The number of aliphatic hydroxyl groups is 1. The molecule has 2 aromatic heterocycles. The van der Waals surface area contributed by atoms with Crippen molar-refractivity contribution in [3.05, 3.63) is 209 Å². The Morgan fingerprint density at radius 3 is 1.59 bits per heavy atom. The number of ether oxygens (including phenoxy) is 8. The molecule has 7 aromatic rings. The number of halogens is 2. The molecule has 0 saturated carbocycles. The molecule has 5 aromatic carbocycles. The van der Waals surface area contributed by atoms with Crippen molar-refractivity contribution in [1.82, 2.24) is 14.9 Å². The van der Waals surface area contributed by atoms with Gasteiger partial charge in [-0.25, -0.2) is 24.2 Å². The topological polar surface area (TPSA) is 243 Å². The summed E-state index contributed by atoms with van der Waals surface area (Å²) in [6, 6.07) is 41.0. The summed E-state index contributed by atoms with van der Waals surface area (Å²) in [7, 11) is 0. The van der Waals surface area contributed by atoms with Crippen molar-refractivity contribution in [1.29, 1.82) is 0 Å². The Kier molecular flexibility index (Phi) is 20.7. The number of aromatic nitrogens is 2. The molecule has 426 valence electrons. The third-order valence-electron chi connectivity index (χ3n) is 12.9. The number of aliphatic hydroxyl groups excluding tert-OH is 1.